The molecule has 102 valence electrons. The second-order valence-corrected chi connectivity index (χ2v) is 6.51. The van der Waals surface area contributed by atoms with Crippen molar-refractivity contribution in [2.75, 3.05) is 17.3 Å². The molecule has 1 N–H and O–H groups in total. The van der Waals surface area contributed by atoms with E-state index in [1.807, 2.05) is 18.2 Å². The van der Waals surface area contributed by atoms with E-state index in [0.717, 1.165) is 34.5 Å². The van der Waals surface area contributed by atoms with E-state index in [2.05, 4.69) is 36.3 Å². The maximum absolute atomic E-state index is 11.1. The molecule has 1 heterocycles. The van der Waals surface area contributed by atoms with Crippen LogP contribution in [0.1, 0.15) is 18.9 Å². The smallest absolute Gasteiger partial charge is 0.129 e. The standard InChI is InChI=1S/C15H20N2OS/c1-11-10-13-6-4-5-7-14(13)17-15(11)16-12(2)8-9-19(3)18/h4-7,10,12H,8-9H2,1-3H3,(H,16,17). The summed E-state index contributed by atoms with van der Waals surface area (Å²) in [6.07, 6.45) is 2.63. The van der Waals surface area contributed by atoms with E-state index in [1.165, 1.54) is 0 Å². The monoisotopic (exact) mass is 276 g/mol. The van der Waals surface area contributed by atoms with Gasteiger partial charge in [0.25, 0.3) is 0 Å². The second-order valence-electron chi connectivity index (χ2n) is 4.96. The molecule has 1 aromatic carbocycles. The zero-order valence-corrected chi connectivity index (χ0v) is 12.5. The van der Waals surface area contributed by atoms with E-state index in [-0.39, 0.29) is 6.04 Å². The van der Waals surface area contributed by atoms with Crippen molar-refractivity contribution in [1.29, 1.82) is 0 Å². The van der Waals surface area contributed by atoms with Gasteiger partial charge in [0.05, 0.1) is 5.52 Å². The third-order valence-electron chi connectivity index (χ3n) is 3.14. The van der Waals surface area contributed by atoms with Gasteiger partial charge in [-0.25, -0.2) is 4.98 Å². The summed E-state index contributed by atoms with van der Waals surface area (Å²) in [6, 6.07) is 10.5. The highest BCUT2D eigenvalue weighted by Crippen LogP contribution is 2.20. The van der Waals surface area contributed by atoms with E-state index in [0.29, 0.717) is 0 Å². The summed E-state index contributed by atoms with van der Waals surface area (Å²) in [6.45, 7) is 4.16. The minimum absolute atomic E-state index is 0.274. The van der Waals surface area contributed by atoms with Crippen LogP contribution < -0.4 is 5.32 Å². The topological polar surface area (TPSA) is 42.0 Å². The number of aryl methyl sites for hydroxylation is 1. The minimum Gasteiger partial charge on any atom is -0.367 e. The number of para-hydroxylation sites is 1. The quantitative estimate of drug-likeness (QED) is 0.912. The lowest BCUT2D eigenvalue weighted by molar-refractivity contribution is 0.678. The molecule has 0 aliphatic carbocycles. The number of fused-ring (bicyclic) bond motifs is 1. The number of rotatable bonds is 5. The van der Waals surface area contributed by atoms with Crippen LogP contribution in [0.4, 0.5) is 5.82 Å². The van der Waals surface area contributed by atoms with Crippen LogP contribution in [0.15, 0.2) is 30.3 Å². The molecule has 0 aliphatic rings. The molecule has 0 aliphatic heterocycles. The lowest BCUT2D eigenvalue weighted by atomic mass is 10.1. The molecule has 3 nitrogen and oxygen atoms in total. The fourth-order valence-electron chi connectivity index (χ4n) is 2.02. The average Bonchev–Trinajstić information content (AvgIpc) is 2.37. The molecule has 2 aromatic rings. The maximum atomic E-state index is 11.1. The Hall–Kier alpha value is -1.42. The van der Waals surface area contributed by atoms with Crippen molar-refractivity contribution in [1.82, 2.24) is 4.98 Å². The fraction of sp³-hybridized carbons (Fsp3) is 0.400. The lowest BCUT2D eigenvalue weighted by Crippen LogP contribution is -2.19. The number of hydrogen-bond donors (Lipinski definition) is 1. The highest BCUT2D eigenvalue weighted by atomic mass is 32.2. The van der Waals surface area contributed by atoms with Gasteiger partial charge in [0.1, 0.15) is 5.82 Å². The Balaban J connectivity index is 2.15. The Morgan fingerprint density at radius 1 is 1.37 bits per heavy atom. The molecule has 0 spiro atoms. The molecule has 0 radical (unpaired) electrons. The SMILES string of the molecule is Cc1cc2ccccc2nc1NC(C)CCS(C)=O. The molecule has 0 saturated heterocycles. The van der Waals surface area contributed by atoms with Crippen LogP contribution in [0.5, 0.6) is 0 Å². The summed E-state index contributed by atoms with van der Waals surface area (Å²) in [5.41, 5.74) is 2.14. The second kappa shape index (κ2) is 6.15. The molecule has 0 amide bonds. The number of nitrogens with zero attached hydrogens (tertiary/aromatic N) is 1. The zero-order chi connectivity index (χ0) is 13.8. The van der Waals surface area contributed by atoms with E-state index in [1.54, 1.807) is 6.26 Å². The largest absolute Gasteiger partial charge is 0.367 e. The molecule has 4 heteroatoms. The van der Waals surface area contributed by atoms with Gasteiger partial charge < -0.3 is 5.32 Å². The first-order chi connectivity index (χ1) is 9.06. The Kier molecular flexibility index (Phi) is 4.53. The van der Waals surface area contributed by atoms with Crippen LogP contribution in [0.25, 0.3) is 10.9 Å². The molecule has 2 unspecified atom stereocenters. The number of hydrogen-bond acceptors (Lipinski definition) is 3. The Labute approximate surface area is 116 Å². The van der Waals surface area contributed by atoms with Gasteiger partial charge in [0.15, 0.2) is 0 Å². The third-order valence-corrected chi connectivity index (χ3v) is 3.95. The van der Waals surface area contributed by atoms with Gasteiger partial charge in [-0.15, -0.1) is 0 Å². The first kappa shape index (κ1) is 14.0. The fourth-order valence-corrected chi connectivity index (χ4v) is 2.70. The van der Waals surface area contributed by atoms with Crippen molar-refractivity contribution < 1.29 is 4.21 Å². The van der Waals surface area contributed by atoms with Crippen LogP contribution in [0.2, 0.25) is 0 Å². The number of aromatic nitrogens is 1. The Morgan fingerprint density at radius 2 is 2.11 bits per heavy atom. The van der Waals surface area contributed by atoms with Gasteiger partial charge >= 0.3 is 0 Å². The van der Waals surface area contributed by atoms with Gasteiger partial charge in [0.2, 0.25) is 0 Å². The van der Waals surface area contributed by atoms with Crippen LogP contribution in [0.3, 0.4) is 0 Å². The van der Waals surface area contributed by atoms with E-state index < -0.39 is 10.8 Å². The van der Waals surface area contributed by atoms with Crippen LogP contribution >= 0.6 is 0 Å². The first-order valence-electron chi connectivity index (χ1n) is 6.49. The molecule has 0 saturated carbocycles. The van der Waals surface area contributed by atoms with Crippen molar-refractivity contribution in [3.63, 3.8) is 0 Å². The van der Waals surface area contributed by atoms with Crippen molar-refractivity contribution in [2.45, 2.75) is 26.3 Å². The summed E-state index contributed by atoms with van der Waals surface area (Å²) >= 11 is 0. The van der Waals surface area contributed by atoms with E-state index in [4.69, 9.17) is 0 Å². The molecule has 2 rings (SSSR count). The predicted molar refractivity (Wildman–Crippen MR) is 83.1 cm³/mol. The summed E-state index contributed by atoms with van der Waals surface area (Å²) < 4.78 is 11.1. The molecule has 0 fully saturated rings. The Bertz CT molecular complexity index is 598. The number of benzene rings is 1. The third kappa shape index (κ3) is 3.77. The average molecular weight is 276 g/mol. The minimum atomic E-state index is -0.732. The van der Waals surface area contributed by atoms with E-state index in [9.17, 15) is 4.21 Å². The molecule has 19 heavy (non-hydrogen) atoms. The van der Waals surface area contributed by atoms with Gasteiger partial charge in [0, 0.05) is 34.2 Å². The molecular formula is C15H20N2OS. The molecule has 0 bridgehead atoms. The number of anilines is 1. The van der Waals surface area contributed by atoms with Crippen molar-refractivity contribution in [3.8, 4) is 0 Å². The first-order valence-corrected chi connectivity index (χ1v) is 8.22. The molecule has 1 aromatic heterocycles. The summed E-state index contributed by atoms with van der Waals surface area (Å²) in [4.78, 5) is 4.65. The highest BCUT2D eigenvalue weighted by molar-refractivity contribution is 7.84. The Morgan fingerprint density at radius 3 is 2.84 bits per heavy atom. The number of pyridine rings is 1. The maximum Gasteiger partial charge on any atom is 0.129 e. The van der Waals surface area contributed by atoms with Crippen molar-refractivity contribution in [3.05, 3.63) is 35.9 Å². The van der Waals surface area contributed by atoms with Crippen LogP contribution in [-0.4, -0.2) is 27.2 Å². The van der Waals surface area contributed by atoms with Gasteiger partial charge in [-0.1, -0.05) is 18.2 Å². The normalized spacial score (nSPS) is 14.3. The lowest BCUT2D eigenvalue weighted by Gasteiger charge is -2.16. The molecular weight excluding hydrogens is 256 g/mol. The van der Waals surface area contributed by atoms with Gasteiger partial charge in [-0.05, 0) is 38.0 Å². The predicted octanol–water partition coefficient (Wildman–Crippen LogP) is 3.11. The zero-order valence-electron chi connectivity index (χ0n) is 11.6. The van der Waals surface area contributed by atoms with Crippen molar-refractivity contribution in [2.24, 2.45) is 0 Å². The number of nitrogens with one attached hydrogen (secondary N) is 1. The molecule has 2 atom stereocenters. The van der Waals surface area contributed by atoms with Crippen LogP contribution in [-0.2, 0) is 10.8 Å². The van der Waals surface area contributed by atoms with Crippen LogP contribution in [0, 0.1) is 6.92 Å². The summed E-state index contributed by atoms with van der Waals surface area (Å²) in [7, 11) is -0.732. The summed E-state index contributed by atoms with van der Waals surface area (Å²) in [5.74, 6) is 1.65. The van der Waals surface area contributed by atoms with E-state index >= 15 is 0 Å². The van der Waals surface area contributed by atoms with Gasteiger partial charge in [-0.3, -0.25) is 4.21 Å². The summed E-state index contributed by atoms with van der Waals surface area (Å²) in [5, 5.41) is 4.57. The van der Waals surface area contributed by atoms with Gasteiger partial charge in [-0.2, -0.15) is 0 Å². The highest BCUT2D eigenvalue weighted by Gasteiger charge is 2.07. The van der Waals surface area contributed by atoms with Crippen molar-refractivity contribution >= 4 is 27.5 Å².